The zero-order valence-corrected chi connectivity index (χ0v) is 17.1. The van der Waals surface area contributed by atoms with Gasteiger partial charge in [-0.25, -0.2) is 12.8 Å². The van der Waals surface area contributed by atoms with Gasteiger partial charge in [-0.2, -0.15) is 4.98 Å². The van der Waals surface area contributed by atoms with Crippen molar-refractivity contribution in [3.05, 3.63) is 46.2 Å². The number of nitrogens with zero attached hydrogens (tertiary/aromatic N) is 2. The van der Waals surface area contributed by atoms with Crippen LogP contribution in [0.3, 0.4) is 0 Å². The molecule has 0 saturated heterocycles. The van der Waals surface area contributed by atoms with E-state index in [1.807, 2.05) is 0 Å². The number of sulfonamides is 1. The van der Waals surface area contributed by atoms with E-state index in [9.17, 15) is 17.6 Å². The van der Waals surface area contributed by atoms with E-state index >= 15 is 0 Å². The van der Waals surface area contributed by atoms with Gasteiger partial charge in [-0.3, -0.25) is 9.10 Å². The van der Waals surface area contributed by atoms with Gasteiger partial charge in [-0.15, -0.1) is 0 Å². The van der Waals surface area contributed by atoms with E-state index < -0.39 is 21.7 Å². The van der Waals surface area contributed by atoms with Crippen LogP contribution in [0, 0.1) is 12.7 Å². The first kappa shape index (κ1) is 20.1. The first-order valence-electron chi connectivity index (χ1n) is 8.10. The first-order chi connectivity index (χ1) is 13.0. The van der Waals surface area contributed by atoms with Gasteiger partial charge in [0.15, 0.2) is 5.76 Å². The van der Waals surface area contributed by atoms with Gasteiger partial charge < -0.3 is 9.73 Å². The average Bonchev–Trinajstić information content (AvgIpc) is 2.96. The fourth-order valence-corrected chi connectivity index (χ4v) is 3.46. The van der Waals surface area contributed by atoms with E-state index in [0.29, 0.717) is 10.9 Å². The third-order valence-corrected chi connectivity index (χ3v) is 5.68. The van der Waals surface area contributed by atoms with Crippen molar-refractivity contribution in [2.45, 2.75) is 6.92 Å². The summed E-state index contributed by atoms with van der Waals surface area (Å²) in [7, 11) is -0.760. The molecular weight excluding hydrogens is 409 g/mol. The van der Waals surface area contributed by atoms with Crippen molar-refractivity contribution >= 4 is 44.4 Å². The van der Waals surface area contributed by atoms with Gasteiger partial charge in [0.1, 0.15) is 11.6 Å². The molecule has 1 N–H and O–H groups in total. The molecule has 1 aromatic carbocycles. The molecule has 0 atom stereocenters. The molecule has 148 valence electrons. The molecule has 0 aliphatic rings. The summed E-state index contributed by atoms with van der Waals surface area (Å²) in [5, 5.41) is 3.04. The number of carbonyl (C=O) groups is 1. The Hall–Kier alpha value is -2.65. The van der Waals surface area contributed by atoms with Gasteiger partial charge in [0.25, 0.3) is 5.91 Å². The van der Waals surface area contributed by atoms with Crippen molar-refractivity contribution in [3.63, 3.8) is 0 Å². The number of anilines is 1. The van der Waals surface area contributed by atoms with Crippen LogP contribution in [0.2, 0.25) is 5.02 Å². The normalized spacial score (nSPS) is 11.6. The Bertz CT molecular complexity index is 1210. The standard InChI is InChI=1S/C18H17ClFN3O4S/c1-9-7-12-14(17(24)21-2)15(11-6-5-10(19)8-13(11)20)27-18(12)22-16(9)23(3)28(4,25)26/h5-8H,1-4H3,(H,21,24). The molecule has 0 aliphatic heterocycles. The summed E-state index contributed by atoms with van der Waals surface area (Å²) in [5.74, 6) is -1.03. The van der Waals surface area contributed by atoms with E-state index in [1.165, 1.54) is 26.2 Å². The zero-order chi connectivity index (χ0) is 20.8. The monoisotopic (exact) mass is 425 g/mol. The Morgan fingerprint density at radius 1 is 1.32 bits per heavy atom. The molecule has 0 aliphatic carbocycles. The second kappa shape index (κ2) is 7.06. The van der Waals surface area contributed by atoms with Crippen LogP contribution < -0.4 is 9.62 Å². The van der Waals surface area contributed by atoms with Crippen molar-refractivity contribution in [2.75, 3.05) is 24.7 Å². The summed E-state index contributed by atoms with van der Waals surface area (Å²) < 4.78 is 44.9. The van der Waals surface area contributed by atoms with E-state index in [4.69, 9.17) is 16.0 Å². The highest BCUT2D eigenvalue weighted by Gasteiger charge is 2.26. The van der Waals surface area contributed by atoms with Crippen LogP contribution in [0.25, 0.3) is 22.4 Å². The lowest BCUT2D eigenvalue weighted by Gasteiger charge is -2.17. The molecule has 3 aromatic rings. The number of benzene rings is 1. The molecule has 0 radical (unpaired) electrons. The fourth-order valence-electron chi connectivity index (χ4n) is 2.80. The topological polar surface area (TPSA) is 92.5 Å². The maximum Gasteiger partial charge on any atom is 0.255 e. The van der Waals surface area contributed by atoms with Crippen LogP contribution in [-0.2, 0) is 10.0 Å². The van der Waals surface area contributed by atoms with Gasteiger partial charge in [-0.05, 0) is 36.8 Å². The van der Waals surface area contributed by atoms with Crippen molar-refractivity contribution in [1.29, 1.82) is 0 Å². The molecule has 0 bridgehead atoms. The van der Waals surface area contributed by atoms with E-state index in [-0.39, 0.29) is 33.4 Å². The minimum absolute atomic E-state index is 0.0130. The van der Waals surface area contributed by atoms with E-state index in [1.54, 1.807) is 13.0 Å². The Morgan fingerprint density at radius 2 is 2.00 bits per heavy atom. The number of pyridine rings is 1. The van der Waals surface area contributed by atoms with E-state index in [0.717, 1.165) is 16.6 Å². The van der Waals surface area contributed by atoms with Crippen LogP contribution >= 0.6 is 11.6 Å². The number of nitrogens with one attached hydrogen (secondary N) is 1. The molecule has 1 amide bonds. The first-order valence-corrected chi connectivity index (χ1v) is 10.3. The summed E-state index contributed by atoms with van der Waals surface area (Å²) in [4.78, 5) is 16.8. The average molecular weight is 426 g/mol. The molecule has 0 unspecified atom stereocenters. The summed E-state index contributed by atoms with van der Waals surface area (Å²) >= 11 is 5.81. The van der Waals surface area contributed by atoms with E-state index in [2.05, 4.69) is 10.3 Å². The second-order valence-electron chi connectivity index (χ2n) is 6.22. The number of furan rings is 1. The van der Waals surface area contributed by atoms with Crippen LogP contribution in [0.15, 0.2) is 28.7 Å². The number of aryl methyl sites for hydroxylation is 1. The van der Waals surface area contributed by atoms with Gasteiger partial charge in [0.05, 0.1) is 22.8 Å². The summed E-state index contributed by atoms with van der Waals surface area (Å²) in [5.41, 5.74) is 0.660. The largest absolute Gasteiger partial charge is 0.437 e. The Balaban J connectivity index is 2.34. The number of amides is 1. The van der Waals surface area contributed by atoms with Crippen LogP contribution in [0.5, 0.6) is 0 Å². The second-order valence-corrected chi connectivity index (χ2v) is 8.67. The lowest BCUT2D eigenvalue weighted by Crippen LogP contribution is -2.26. The quantitative estimate of drug-likeness (QED) is 0.692. The fraction of sp³-hybridized carbons (Fsp3) is 0.222. The minimum atomic E-state index is -3.56. The molecule has 3 rings (SSSR count). The highest BCUT2D eigenvalue weighted by molar-refractivity contribution is 7.92. The summed E-state index contributed by atoms with van der Waals surface area (Å²) in [6, 6.07) is 5.57. The third-order valence-electron chi connectivity index (χ3n) is 4.27. The van der Waals surface area contributed by atoms with Crippen LogP contribution in [-0.4, -0.2) is 39.7 Å². The molecule has 28 heavy (non-hydrogen) atoms. The van der Waals surface area contributed by atoms with Gasteiger partial charge in [0, 0.05) is 19.1 Å². The number of hydrogen-bond acceptors (Lipinski definition) is 5. The SMILES string of the molecule is CNC(=O)c1c(-c2ccc(Cl)cc2F)oc2nc(N(C)S(C)(=O)=O)c(C)cc12. The van der Waals surface area contributed by atoms with Crippen molar-refractivity contribution in [1.82, 2.24) is 10.3 Å². The summed E-state index contributed by atoms with van der Waals surface area (Å²) in [6.07, 6.45) is 1.05. The zero-order valence-electron chi connectivity index (χ0n) is 15.5. The lowest BCUT2D eigenvalue weighted by atomic mass is 10.0. The summed E-state index contributed by atoms with van der Waals surface area (Å²) in [6.45, 7) is 1.66. The Labute approximate surface area is 166 Å². The van der Waals surface area contributed by atoms with Gasteiger partial charge >= 0.3 is 0 Å². The number of halogens is 2. The predicted octanol–water partition coefficient (Wildman–Crippen LogP) is 3.35. The highest BCUT2D eigenvalue weighted by Crippen LogP contribution is 2.37. The molecule has 0 saturated carbocycles. The molecule has 2 heterocycles. The van der Waals surface area contributed by atoms with Gasteiger partial charge in [0.2, 0.25) is 15.7 Å². The minimum Gasteiger partial charge on any atom is -0.437 e. The maximum atomic E-state index is 14.5. The molecule has 0 spiro atoms. The van der Waals surface area contributed by atoms with Crippen LogP contribution in [0.4, 0.5) is 10.2 Å². The van der Waals surface area contributed by atoms with Crippen molar-refractivity contribution < 1.29 is 22.0 Å². The number of carbonyl (C=O) groups excluding carboxylic acids is 1. The molecular formula is C18H17ClFN3O4S. The van der Waals surface area contributed by atoms with Crippen molar-refractivity contribution in [2.24, 2.45) is 0 Å². The third kappa shape index (κ3) is 3.43. The predicted molar refractivity (Wildman–Crippen MR) is 106 cm³/mol. The molecule has 0 fully saturated rings. The van der Waals surface area contributed by atoms with Gasteiger partial charge in [-0.1, -0.05) is 11.6 Å². The molecule has 2 aromatic heterocycles. The Morgan fingerprint density at radius 3 is 2.57 bits per heavy atom. The molecule has 10 heteroatoms. The number of rotatable bonds is 4. The lowest BCUT2D eigenvalue weighted by molar-refractivity contribution is 0.0964. The number of fused-ring (bicyclic) bond motifs is 1. The number of aromatic nitrogens is 1. The van der Waals surface area contributed by atoms with Crippen LogP contribution in [0.1, 0.15) is 15.9 Å². The maximum absolute atomic E-state index is 14.5. The highest BCUT2D eigenvalue weighted by atomic mass is 35.5. The Kier molecular flexibility index (Phi) is 5.07. The molecule has 7 nitrogen and oxygen atoms in total. The smallest absolute Gasteiger partial charge is 0.255 e. The van der Waals surface area contributed by atoms with Crippen molar-refractivity contribution in [3.8, 4) is 11.3 Å². The number of hydrogen-bond donors (Lipinski definition) is 1.